The highest BCUT2D eigenvalue weighted by Gasteiger charge is 2.49. The molecule has 0 unspecified atom stereocenters. The Kier molecular flexibility index (Phi) is 6.08. The lowest BCUT2D eigenvalue weighted by Crippen LogP contribution is -2.66. The third-order valence-corrected chi connectivity index (χ3v) is 11.1. The van der Waals surface area contributed by atoms with E-state index in [0.29, 0.717) is 6.61 Å². The van der Waals surface area contributed by atoms with Crippen molar-refractivity contribution in [2.24, 2.45) is 0 Å². The quantitative estimate of drug-likeness (QED) is 0.631. The van der Waals surface area contributed by atoms with E-state index in [1.54, 1.807) is 11.8 Å². The lowest BCUT2D eigenvalue weighted by Gasteiger charge is -2.42. The molecule has 0 radical (unpaired) electrons. The largest absolute Gasteiger partial charge is 0.404 e. The van der Waals surface area contributed by atoms with Crippen molar-refractivity contribution >= 4 is 30.5 Å². The molecule has 1 saturated heterocycles. The van der Waals surface area contributed by atoms with Gasteiger partial charge in [0.25, 0.3) is 8.32 Å². The molecule has 1 aliphatic rings. The van der Waals surface area contributed by atoms with Crippen LogP contribution in [0.25, 0.3) is 0 Å². The van der Waals surface area contributed by atoms with Crippen LogP contribution in [-0.2, 0) is 4.43 Å². The van der Waals surface area contributed by atoms with Crippen molar-refractivity contribution in [3.05, 3.63) is 72.3 Å². The molecule has 2 aromatic carbocycles. The topological polar surface area (TPSA) is 29.5 Å². The molecule has 0 aliphatic carbocycles. The molecule has 0 aromatic heterocycles. The van der Waals surface area contributed by atoms with E-state index in [2.05, 4.69) is 87.5 Å². The Morgan fingerprint density at radius 2 is 1.58 bits per heavy atom. The van der Waals surface area contributed by atoms with E-state index < -0.39 is 8.32 Å². The lowest BCUT2D eigenvalue weighted by atomic mass is 10.2. The molecule has 1 aliphatic heterocycles. The van der Waals surface area contributed by atoms with Crippen LogP contribution in [0.4, 0.5) is 0 Å². The smallest absolute Gasteiger partial charge is 0.261 e. The SMILES string of the molecule is CC(C)(C)[Si](OC/C=C1/CSC[C@@H]1O)(c1ccccc1)c1ccccc1. The molecule has 3 rings (SSSR count). The predicted octanol–water partition coefficient (Wildman–Crippen LogP) is 3.60. The number of thioether (sulfide) groups is 1. The van der Waals surface area contributed by atoms with Gasteiger partial charge in [-0.2, -0.15) is 11.8 Å². The summed E-state index contributed by atoms with van der Waals surface area (Å²) in [5.41, 5.74) is 1.10. The van der Waals surface area contributed by atoms with Gasteiger partial charge in [-0.15, -0.1) is 0 Å². The first-order valence-corrected chi connectivity index (χ1v) is 12.2. The van der Waals surface area contributed by atoms with E-state index in [4.69, 9.17) is 4.43 Å². The summed E-state index contributed by atoms with van der Waals surface area (Å²) in [5.74, 6) is 1.70. The van der Waals surface area contributed by atoms with Gasteiger partial charge in [0.05, 0.1) is 12.7 Å². The Balaban J connectivity index is 2.03. The van der Waals surface area contributed by atoms with E-state index in [9.17, 15) is 5.11 Å². The maximum atomic E-state index is 10.1. The van der Waals surface area contributed by atoms with Crippen LogP contribution in [0.5, 0.6) is 0 Å². The predicted molar refractivity (Wildman–Crippen MR) is 115 cm³/mol. The molecule has 26 heavy (non-hydrogen) atoms. The monoisotopic (exact) mass is 384 g/mol. The summed E-state index contributed by atoms with van der Waals surface area (Å²) in [4.78, 5) is 0. The van der Waals surface area contributed by atoms with Gasteiger partial charge in [-0.05, 0) is 21.0 Å². The highest BCUT2D eigenvalue weighted by Crippen LogP contribution is 2.36. The number of hydrogen-bond acceptors (Lipinski definition) is 3. The van der Waals surface area contributed by atoms with E-state index in [0.717, 1.165) is 17.1 Å². The molecular weight excluding hydrogens is 356 g/mol. The molecule has 0 amide bonds. The highest BCUT2D eigenvalue weighted by molar-refractivity contribution is 7.99. The van der Waals surface area contributed by atoms with Crippen LogP contribution >= 0.6 is 11.8 Å². The first-order chi connectivity index (χ1) is 12.4. The van der Waals surface area contributed by atoms with Gasteiger partial charge in [0.15, 0.2) is 0 Å². The van der Waals surface area contributed by atoms with E-state index >= 15 is 0 Å². The van der Waals surface area contributed by atoms with Crippen molar-refractivity contribution < 1.29 is 9.53 Å². The average Bonchev–Trinajstić information content (AvgIpc) is 3.04. The average molecular weight is 385 g/mol. The minimum Gasteiger partial charge on any atom is -0.404 e. The maximum Gasteiger partial charge on any atom is 0.261 e. The van der Waals surface area contributed by atoms with Crippen LogP contribution in [-0.4, -0.2) is 37.6 Å². The van der Waals surface area contributed by atoms with Crippen LogP contribution in [0.3, 0.4) is 0 Å². The van der Waals surface area contributed by atoms with Crippen molar-refractivity contribution in [2.45, 2.75) is 31.9 Å². The number of aliphatic hydroxyl groups is 1. The Labute approximate surface area is 162 Å². The number of rotatable bonds is 5. The van der Waals surface area contributed by atoms with Crippen LogP contribution in [0.1, 0.15) is 20.8 Å². The van der Waals surface area contributed by atoms with Gasteiger partial charge in [-0.1, -0.05) is 87.5 Å². The van der Waals surface area contributed by atoms with Gasteiger partial charge in [0.1, 0.15) is 0 Å². The zero-order valence-corrected chi connectivity index (χ0v) is 17.6. The summed E-state index contributed by atoms with van der Waals surface area (Å²) >= 11 is 1.78. The molecule has 1 N–H and O–H groups in total. The Hall–Kier alpha value is -1.33. The van der Waals surface area contributed by atoms with Crippen molar-refractivity contribution in [3.63, 3.8) is 0 Å². The van der Waals surface area contributed by atoms with Gasteiger partial charge in [-0.25, -0.2) is 0 Å². The molecule has 4 heteroatoms. The normalized spacial score (nSPS) is 19.8. The summed E-state index contributed by atoms with van der Waals surface area (Å²) < 4.78 is 6.82. The third kappa shape index (κ3) is 3.84. The standard InChI is InChI=1S/C22H28O2SSi/c1-22(2,3)26(19-10-6-4-7-11-19,20-12-8-5-9-13-20)24-15-14-18-16-25-17-21(18)23/h4-14,21,23H,15-17H2,1-3H3/b18-14-/t21-/m0/s1. The van der Waals surface area contributed by atoms with Gasteiger partial charge >= 0.3 is 0 Å². The molecule has 0 saturated carbocycles. The van der Waals surface area contributed by atoms with Crippen LogP contribution in [0.2, 0.25) is 5.04 Å². The van der Waals surface area contributed by atoms with Gasteiger partial charge < -0.3 is 9.53 Å². The summed E-state index contributed by atoms with van der Waals surface area (Å²) in [7, 11) is -2.48. The third-order valence-electron chi connectivity index (χ3n) is 5.03. The summed E-state index contributed by atoms with van der Waals surface area (Å²) in [5, 5.41) is 12.6. The molecule has 1 heterocycles. The maximum absolute atomic E-state index is 10.1. The van der Waals surface area contributed by atoms with Gasteiger partial charge in [0.2, 0.25) is 0 Å². The van der Waals surface area contributed by atoms with E-state index in [1.165, 1.54) is 10.4 Å². The second-order valence-electron chi connectivity index (χ2n) is 7.78. The molecule has 138 valence electrons. The Bertz CT molecular complexity index is 698. The Morgan fingerprint density at radius 1 is 1.04 bits per heavy atom. The molecule has 2 aromatic rings. The first kappa shape index (κ1) is 19.4. The lowest BCUT2D eigenvalue weighted by molar-refractivity contribution is 0.239. The fraction of sp³-hybridized carbons (Fsp3) is 0.364. The molecule has 0 bridgehead atoms. The zero-order valence-electron chi connectivity index (χ0n) is 15.8. The molecule has 0 spiro atoms. The molecular formula is C22H28O2SSi. The van der Waals surface area contributed by atoms with Crippen molar-refractivity contribution in [1.29, 1.82) is 0 Å². The molecule has 1 atom stereocenters. The summed E-state index contributed by atoms with van der Waals surface area (Å²) in [6.07, 6.45) is 1.78. The summed E-state index contributed by atoms with van der Waals surface area (Å²) in [6.45, 7) is 7.39. The fourth-order valence-corrected chi connectivity index (χ4v) is 9.31. The number of benzene rings is 2. The van der Waals surface area contributed by atoms with Crippen LogP contribution < -0.4 is 10.4 Å². The number of hydrogen-bond donors (Lipinski definition) is 1. The van der Waals surface area contributed by atoms with Gasteiger partial charge in [0, 0.05) is 11.5 Å². The summed E-state index contributed by atoms with van der Waals surface area (Å²) in [6, 6.07) is 21.4. The van der Waals surface area contributed by atoms with Gasteiger partial charge in [-0.3, -0.25) is 0 Å². The van der Waals surface area contributed by atoms with Crippen molar-refractivity contribution in [2.75, 3.05) is 18.1 Å². The highest BCUT2D eigenvalue weighted by atomic mass is 32.2. The zero-order chi connectivity index (χ0) is 18.6. The fourth-order valence-electron chi connectivity index (χ4n) is 3.72. The Morgan fingerprint density at radius 3 is 2.00 bits per heavy atom. The van der Waals surface area contributed by atoms with Crippen LogP contribution in [0, 0.1) is 0 Å². The number of aliphatic hydroxyl groups excluding tert-OH is 1. The minimum atomic E-state index is -2.48. The second kappa shape index (κ2) is 8.13. The molecule has 1 fully saturated rings. The van der Waals surface area contributed by atoms with E-state index in [1.807, 2.05) is 0 Å². The molecule has 2 nitrogen and oxygen atoms in total. The van der Waals surface area contributed by atoms with Crippen molar-refractivity contribution in [1.82, 2.24) is 0 Å². The first-order valence-electron chi connectivity index (χ1n) is 9.15. The minimum absolute atomic E-state index is 0.0166. The second-order valence-corrected chi connectivity index (χ2v) is 13.1. The van der Waals surface area contributed by atoms with Crippen molar-refractivity contribution in [3.8, 4) is 0 Å². The van der Waals surface area contributed by atoms with E-state index in [-0.39, 0.29) is 11.1 Å². The van der Waals surface area contributed by atoms with Crippen LogP contribution in [0.15, 0.2) is 72.3 Å².